The fourth-order valence-electron chi connectivity index (χ4n) is 3.05. The molecule has 0 saturated heterocycles. The summed E-state index contributed by atoms with van der Waals surface area (Å²) in [6.07, 6.45) is 2.27. The Morgan fingerprint density at radius 3 is 2.60 bits per heavy atom. The molecule has 0 bridgehead atoms. The van der Waals surface area contributed by atoms with E-state index in [2.05, 4.69) is 49.5 Å². The molecule has 3 rings (SSSR count). The SMILES string of the molecule is CCC1Cc2ccc(C)cc2C(c2ccc(N)cc2)N1. The second kappa shape index (κ2) is 5.29. The van der Waals surface area contributed by atoms with Crippen molar-refractivity contribution in [2.75, 3.05) is 5.73 Å². The molecule has 1 aliphatic heterocycles. The molecule has 0 radical (unpaired) electrons. The Balaban J connectivity index is 2.05. The average Bonchev–Trinajstić information content (AvgIpc) is 2.47. The number of hydrogen-bond donors (Lipinski definition) is 2. The molecule has 3 N–H and O–H groups in total. The van der Waals surface area contributed by atoms with E-state index in [9.17, 15) is 0 Å². The molecule has 2 heteroatoms. The Kier molecular flexibility index (Phi) is 3.49. The summed E-state index contributed by atoms with van der Waals surface area (Å²) in [6.45, 7) is 4.41. The Morgan fingerprint density at radius 1 is 1.15 bits per heavy atom. The van der Waals surface area contributed by atoms with E-state index in [1.807, 2.05) is 12.1 Å². The first-order valence-electron chi connectivity index (χ1n) is 7.38. The molecular weight excluding hydrogens is 244 g/mol. The van der Waals surface area contributed by atoms with Crippen LogP contribution >= 0.6 is 0 Å². The summed E-state index contributed by atoms with van der Waals surface area (Å²) in [5, 5.41) is 3.78. The van der Waals surface area contributed by atoms with Gasteiger partial charge in [-0.05, 0) is 48.6 Å². The van der Waals surface area contributed by atoms with Crippen molar-refractivity contribution < 1.29 is 0 Å². The zero-order valence-electron chi connectivity index (χ0n) is 12.2. The van der Waals surface area contributed by atoms with E-state index in [0.29, 0.717) is 6.04 Å². The highest BCUT2D eigenvalue weighted by Gasteiger charge is 2.26. The zero-order valence-corrected chi connectivity index (χ0v) is 12.2. The normalized spacial score (nSPS) is 21.5. The highest BCUT2D eigenvalue weighted by atomic mass is 15.0. The van der Waals surface area contributed by atoms with Crippen LogP contribution in [0.25, 0.3) is 0 Å². The molecule has 2 aromatic rings. The molecule has 0 saturated carbocycles. The number of hydrogen-bond acceptors (Lipinski definition) is 2. The van der Waals surface area contributed by atoms with Crippen LogP contribution < -0.4 is 11.1 Å². The van der Waals surface area contributed by atoms with Crippen LogP contribution in [0.4, 0.5) is 5.69 Å². The maximum Gasteiger partial charge on any atom is 0.0581 e. The number of nitrogens with one attached hydrogen (secondary N) is 1. The van der Waals surface area contributed by atoms with Crippen LogP contribution in [0.3, 0.4) is 0 Å². The van der Waals surface area contributed by atoms with Gasteiger partial charge in [0, 0.05) is 11.7 Å². The third-order valence-corrected chi connectivity index (χ3v) is 4.24. The van der Waals surface area contributed by atoms with E-state index in [0.717, 1.165) is 18.5 Å². The van der Waals surface area contributed by atoms with Gasteiger partial charge in [-0.3, -0.25) is 0 Å². The second-order valence-corrected chi connectivity index (χ2v) is 5.78. The third-order valence-electron chi connectivity index (χ3n) is 4.24. The van der Waals surface area contributed by atoms with Crippen LogP contribution in [0.2, 0.25) is 0 Å². The van der Waals surface area contributed by atoms with Crippen molar-refractivity contribution in [3.63, 3.8) is 0 Å². The van der Waals surface area contributed by atoms with Crippen molar-refractivity contribution in [3.8, 4) is 0 Å². The van der Waals surface area contributed by atoms with Gasteiger partial charge in [-0.25, -0.2) is 0 Å². The number of aryl methyl sites for hydroxylation is 1. The van der Waals surface area contributed by atoms with Crippen molar-refractivity contribution >= 4 is 5.69 Å². The first-order chi connectivity index (χ1) is 9.67. The monoisotopic (exact) mass is 266 g/mol. The lowest BCUT2D eigenvalue weighted by molar-refractivity contribution is 0.427. The average molecular weight is 266 g/mol. The van der Waals surface area contributed by atoms with Gasteiger partial charge >= 0.3 is 0 Å². The smallest absolute Gasteiger partial charge is 0.0581 e. The molecular formula is C18H22N2. The molecule has 0 amide bonds. The lowest BCUT2D eigenvalue weighted by Crippen LogP contribution is -2.39. The highest BCUT2D eigenvalue weighted by Crippen LogP contribution is 2.32. The first-order valence-corrected chi connectivity index (χ1v) is 7.38. The van der Waals surface area contributed by atoms with Crippen LogP contribution in [0.15, 0.2) is 42.5 Å². The van der Waals surface area contributed by atoms with Crippen molar-refractivity contribution in [3.05, 3.63) is 64.7 Å². The molecule has 2 unspecified atom stereocenters. The van der Waals surface area contributed by atoms with Crippen molar-refractivity contribution in [2.24, 2.45) is 0 Å². The van der Waals surface area contributed by atoms with E-state index in [1.165, 1.54) is 22.3 Å². The van der Waals surface area contributed by atoms with Gasteiger partial charge in [0.25, 0.3) is 0 Å². The summed E-state index contributed by atoms with van der Waals surface area (Å²) < 4.78 is 0. The predicted molar refractivity (Wildman–Crippen MR) is 84.8 cm³/mol. The fourth-order valence-corrected chi connectivity index (χ4v) is 3.05. The fraction of sp³-hybridized carbons (Fsp3) is 0.333. The maximum atomic E-state index is 5.81. The van der Waals surface area contributed by atoms with E-state index in [-0.39, 0.29) is 6.04 Å². The van der Waals surface area contributed by atoms with Gasteiger partial charge in [-0.15, -0.1) is 0 Å². The minimum absolute atomic E-state index is 0.282. The van der Waals surface area contributed by atoms with Crippen LogP contribution in [0, 0.1) is 6.92 Å². The summed E-state index contributed by atoms with van der Waals surface area (Å²) in [4.78, 5) is 0. The molecule has 2 nitrogen and oxygen atoms in total. The largest absolute Gasteiger partial charge is 0.399 e. The Hall–Kier alpha value is -1.80. The number of nitrogen functional groups attached to an aromatic ring is 1. The van der Waals surface area contributed by atoms with Gasteiger partial charge < -0.3 is 11.1 Å². The molecule has 0 fully saturated rings. The van der Waals surface area contributed by atoms with E-state index in [1.54, 1.807) is 0 Å². The zero-order chi connectivity index (χ0) is 14.1. The van der Waals surface area contributed by atoms with E-state index in [4.69, 9.17) is 5.73 Å². The second-order valence-electron chi connectivity index (χ2n) is 5.78. The molecule has 2 aromatic carbocycles. The maximum absolute atomic E-state index is 5.81. The summed E-state index contributed by atoms with van der Waals surface area (Å²) in [5.41, 5.74) is 12.1. The quantitative estimate of drug-likeness (QED) is 0.815. The molecule has 0 aromatic heterocycles. The van der Waals surface area contributed by atoms with E-state index < -0.39 is 0 Å². The van der Waals surface area contributed by atoms with Gasteiger partial charge in [0.2, 0.25) is 0 Å². The lowest BCUT2D eigenvalue weighted by Gasteiger charge is -2.33. The minimum Gasteiger partial charge on any atom is -0.399 e. The predicted octanol–water partition coefficient (Wildman–Crippen LogP) is 3.59. The van der Waals surface area contributed by atoms with Crippen LogP contribution in [-0.2, 0) is 6.42 Å². The van der Waals surface area contributed by atoms with Crippen LogP contribution in [0.1, 0.15) is 41.6 Å². The molecule has 2 atom stereocenters. The number of rotatable bonds is 2. The van der Waals surface area contributed by atoms with Crippen LogP contribution in [-0.4, -0.2) is 6.04 Å². The molecule has 20 heavy (non-hydrogen) atoms. The third kappa shape index (κ3) is 2.44. The first kappa shape index (κ1) is 13.2. The Bertz CT molecular complexity index is 601. The topological polar surface area (TPSA) is 38.0 Å². The minimum atomic E-state index is 0.282. The van der Waals surface area contributed by atoms with Gasteiger partial charge in [-0.2, -0.15) is 0 Å². The summed E-state index contributed by atoms with van der Waals surface area (Å²) in [7, 11) is 0. The number of fused-ring (bicyclic) bond motifs is 1. The number of benzene rings is 2. The van der Waals surface area contributed by atoms with Gasteiger partial charge in [-0.1, -0.05) is 42.8 Å². The van der Waals surface area contributed by atoms with Crippen molar-refractivity contribution in [1.29, 1.82) is 0 Å². The van der Waals surface area contributed by atoms with Gasteiger partial charge in [0.05, 0.1) is 6.04 Å². The standard InChI is InChI=1S/C18H22N2/c1-3-16-11-14-5-4-12(2)10-17(14)18(20-16)13-6-8-15(19)9-7-13/h4-10,16,18,20H,3,11,19H2,1-2H3. The molecule has 0 spiro atoms. The molecule has 1 aliphatic rings. The Morgan fingerprint density at radius 2 is 1.90 bits per heavy atom. The van der Waals surface area contributed by atoms with Crippen molar-refractivity contribution in [2.45, 2.75) is 38.8 Å². The summed E-state index contributed by atoms with van der Waals surface area (Å²) in [5.74, 6) is 0. The summed E-state index contributed by atoms with van der Waals surface area (Å²) >= 11 is 0. The lowest BCUT2D eigenvalue weighted by atomic mass is 9.85. The molecule has 0 aliphatic carbocycles. The molecule has 1 heterocycles. The summed E-state index contributed by atoms with van der Waals surface area (Å²) in [6, 6.07) is 15.9. The highest BCUT2D eigenvalue weighted by molar-refractivity contribution is 5.46. The van der Waals surface area contributed by atoms with Crippen molar-refractivity contribution in [1.82, 2.24) is 5.32 Å². The number of nitrogens with two attached hydrogens (primary N) is 1. The number of anilines is 1. The van der Waals surface area contributed by atoms with Crippen LogP contribution in [0.5, 0.6) is 0 Å². The molecule has 104 valence electrons. The Labute approximate surface area is 121 Å². The van der Waals surface area contributed by atoms with E-state index >= 15 is 0 Å². The van der Waals surface area contributed by atoms with Gasteiger partial charge in [0.1, 0.15) is 0 Å². The van der Waals surface area contributed by atoms with Gasteiger partial charge in [0.15, 0.2) is 0 Å².